The molecule has 0 saturated heterocycles. The highest BCUT2D eigenvalue weighted by Crippen LogP contribution is 2.31. The number of benzene rings is 1. The Morgan fingerprint density at radius 1 is 1.03 bits per heavy atom. The van der Waals surface area contributed by atoms with E-state index in [4.69, 9.17) is 0 Å². The van der Waals surface area contributed by atoms with E-state index in [1.54, 1.807) is 6.20 Å². The maximum Gasteiger partial charge on any atom is 0.416 e. The number of nitrogens with zero attached hydrogens (tertiary/aromatic N) is 8. The molecule has 0 aliphatic rings. The van der Waals surface area contributed by atoms with Crippen LogP contribution in [0.1, 0.15) is 17.0 Å². The van der Waals surface area contributed by atoms with E-state index in [0.29, 0.717) is 30.3 Å². The van der Waals surface area contributed by atoms with Gasteiger partial charge in [0.05, 0.1) is 42.4 Å². The second kappa shape index (κ2) is 8.13. The summed E-state index contributed by atoms with van der Waals surface area (Å²) in [5.41, 5.74) is 2.90. The lowest BCUT2D eigenvalue weighted by atomic mass is 10.1. The first kappa shape index (κ1) is 20.4. The summed E-state index contributed by atoms with van der Waals surface area (Å²) >= 11 is 0. The van der Waals surface area contributed by atoms with E-state index in [9.17, 15) is 13.2 Å². The minimum absolute atomic E-state index is 0.413. The van der Waals surface area contributed by atoms with Gasteiger partial charge < -0.3 is 5.32 Å². The van der Waals surface area contributed by atoms with E-state index in [0.717, 1.165) is 29.1 Å². The fourth-order valence-electron chi connectivity index (χ4n) is 3.20. The molecule has 0 fully saturated rings. The summed E-state index contributed by atoms with van der Waals surface area (Å²) in [4.78, 5) is 10.3. The number of rotatable bonds is 6. The molecule has 4 aromatic rings. The zero-order valence-electron chi connectivity index (χ0n) is 16.7. The molecule has 160 valence electrons. The van der Waals surface area contributed by atoms with Gasteiger partial charge in [-0.25, -0.2) is 4.98 Å². The summed E-state index contributed by atoms with van der Waals surface area (Å²) in [6.45, 7) is 4.88. The quantitative estimate of drug-likeness (QED) is 0.501. The number of halogens is 3. The average molecular weight is 429 g/mol. The third kappa shape index (κ3) is 4.52. The lowest BCUT2D eigenvalue weighted by Crippen LogP contribution is -2.12. The van der Waals surface area contributed by atoms with Gasteiger partial charge in [0.1, 0.15) is 5.82 Å². The Balaban J connectivity index is 1.54. The van der Waals surface area contributed by atoms with E-state index >= 15 is 0 Å². The van der Waals surface area contributed by atoms with E-state index in [1.807, 2.05) is 18.5 Å². The Labute approximate surface area is 175 Å². The smallest absolute Gasteiger partial charge is 0.339 e. The number of tetrazole rings is 1. The molecule has 1 aromatic carbocycles. The molecule has 4 rings (SSSR count). The summed E-state index contributed by atoms with van der Waals surface area (Å²) in [5, 5.41) is 19.1. The number of aromatic nitrogens is 8. The van der Waals surface area contributed by atoms with Crippen LogP contribution >= 0.6 is 0 Å². The molecular weight excluding hydrogens is 411 g/mol. The van der Waals surface area contributed by atoms with Gasteiger partial charge >= 0.3 is 6.18 Å². The highest BCUT2D eigenvalue weighted by molar-refractivity contribution is 5.66. The SMILES string of the molecule is Cc1nn(CCn2ncnn2)c(C)c1-c1cncc(Nc2ccc(C(F)(F)F)cc2)n1. The van der Waals surface area contributed by atoms with E-state index in [-0.39, 0.29) is 0 Å². The van der Waals surface area contributed by atoms with Crippen molar-refractivity contribution in [2.45, 2.75) is 33.1 Å². The summed E-state index contributed by atoms with van der Waals surface area (Å²) < 4.78 is 40.1. The maximum absolute atomic E-state index is 12.7. The van der Waals surface area contributed by atoms with Crippen molar-refractivity contribution in [2.75, 3.05) is 5.32 Å². The van der Waals surface area contributed by atoms with Crippen molar-refractivity contribution in [3.8, 4) is 11.3 Å². The molecule has 0 amide bonds. The van der Waals surface area contributed by atoms with Gasteiger partial charge in [-0.15, -0.1) is 10.2 Å². The summed E-state index contributed by atoms with van der Waals surface area (Å²) in [6, 6.07) is 4.73. The van der Waals surface area contributed by atoms with Crippen molar-refractivity contribution in [3.63, 3.8) is 0 Å². The van der Waals surface area contributed by atoms with Crippen LogP contribution in [0.2, 0.25) is 0 Å². The van der Waals surface area contributed by atoms with Gasteiger partial charge in [-0.1, -0.05) is 0 Å². The van der Waals surface area contributed by atoms with Crippen molar-refractivity contribution in [1.82, 2.24) is 40.0 Å². The van der Waals surface area contributed by atoms with Crippen molar-refractivity contribution in [2.24, 2.45) is 0 Å². The van der Waals surface area contributed by atoms with Gasteiger partial charge in [0.2, 0.25) is 0 Å². The highest BCUT2D eigenvalue weighted by atomic mass is 19.4. The van der Waals surface area contributed by atoms with Crippen molar-refractivity contribution < 1.29 is 13.2 Å². The van der Waals surface area contributed by atoms with Crippen LogP contribution in [0.15, 0.2) is 43.0 Å². The van der Waals surface area contributed by atoms with Crippen LogP contribution in [0, 0.1) is 13.8 Å². The molecular formula is C19H18F3N9. The number of hydrogen-bond acceptors (Lipinski definition) is 7. The monoisotopic (exact) mass is 429 g/mol. The summed E-state index contributed by atoms with van der Waals surface area (Å²) in [7, 11) is 0. The van der Waals surface area contributed by atoms with Crippen LogP contribution in [0.5, 0.6) is 0 Å². The van der Waals surface area contributed by atoms with E-state index < -0.39 is 11.7 Å². The molecule has 0 unspecified atom stereocenters. The molecule has 0 aliphatic carbocycles. The number of aryl methyl sites for hydroxylation is 3. The Morgan fingerprint density at radius 2 is 1.81 bits per heavy atom. The molecule has 3 heterocycles. The molecule has 0 radical (unpaired) electrons. The van der Waals surface area contributed by atoms with Crippen LogP contribution in [0.3, 0.4) is 0 Å². The third-order valence-corrected chi connectivity index (χ3v) is 4.66. The van der Waals surface area contributed by atoms with E-state index in [2.05, 4.69) is 35.8 Å². The van der Waals surface area contributed by atoms with Gasteiger partial charge in [0.25, 0.3) is 0 Å². The first-order valence-corrected chi connectivity index (χ1v) is 9.33. The number of nitrogens with one attached hydrogen (secondary N) is 1. The van der Waals surface area contributed by atoms with Gasteiger partial charge in [0.15, 0.2) is 6.33 Å². The normalized spacial score (nSPS) is 11.6. The predicted molar refractivity (Wildman–Crippen MR) is 105 cm³/mol. The molecule has 3 aromatic heterocycles. The molecule has 0 atom stereocenters. The van der Waals surface area contributed by atoms with Crippen LogP contribution in [0.25, 0.3) is 11.3 Å². The van der Waals surface area contributed by atoms with Crippen LogP contribution < -0.4 is 5.32 Å². The fourth-order valence-corrected chi connectivity index (χ4v) is 3.20. The Kier molecular flexibility index (Phi) is 5.36. The largest absolute Gasteiger partial charge is 0.416 e. The summed E-state index contributed by atoms with van der Waals surface area (Å²) in [6.07, 6.45) is 0.125. The molecule has 12 heteroatoms. The van der Waals surface area contributed by atoms with Crippen LogP contribution in [-0.2, 0) is 19.3 Å². The minimum Gasteiger partial charge on any atom is -0.339 e. The van der Waals surface area contributed by atoms with Gasteiger partial charge in [-0.2, -0.15) is 23.1 Å². The molecule has 0 spiro atoms. The highest BCUT2D eigenvalue weighted by Gasteiger charge is 2.29. The lowest BCUT2D eigenvalue weighted by Gasteiger charge is -2.10. The molecule has 0 bridgehead atoms. The molecule has 9 nitrogen and oxygen atoms in total. The summed E-state index contributed by atoms with van der Waals surface area (Å²) in [5.74, 6) is 0.413. The predicted octanol–water partition coefficient (Wildman–Crippen LogP) is 3.41. The maximum atomic E-state index is 12.7. The molecule has 1 N–H and O–H groups in total. The number of hydrogen-bond donors (Lipinski definition) is 1. The van der Waals surface area contributed by atoms with Gasteiger partial charge in [0, 0.05) is 16.9 Å². The lowest BCUT2D eigenvalue weighted by molar-refractivity contribution is -0.137. The van der Waals surface area contributed by atoms with Crippen LogP contribution in [0.4, 0.5) is 24.7 Å². The third-order valence-electron chi connectivity index (χ3n) is 4.66. The molecule has 0 aliphatic heterocycles. The standard InChI is InChI=1S/C19H18F3N9/c1-12-18(13(2)30(28-12)7-8-31-25-11-24-29-31)16-9-23-10-17(27-16)26-15-5-3-14(4-6-15)19(20,21)22/h3-6,9-11H,7-8H2,1-2H3,(H,26,27). The Bertz CT molecular complexity index is 1170. The Hall–Kier alpha value is -3.83. The van der Waals surface area contributed by atoms with Crippen molar-refractivity contribution >= 4 is 11.5 Å². The topological polar surface area (TPSA) is 99.2 Å². The first-order chi connectivity index (χ1) is 14.8. The second-order valence-electron chi connectivity index (χ2n) is 6.79. The van der Waals surface area contributed by atoms with Gasteiger partial charge in [-0.05, 0) is 43.3 Å². The van der Waals surface area contributed by atoms with Gasteiger partial charge in [-0.3, -0.25) is 9.67 Å². The fraction of sp³-hybridized carbons (Fsp3) is 0.263. The second-order valence-corrected chi connectivity index (χ2v) is 6.79. The first-order valence-electron chi connectivity index (χ1n) is 9.33. The van der Waals surface area contributed by atoms with Crippen molar-refractivity contribution in [1.29, 1.82) is 0 Å². The van der Waals surface area contributed by atoms with E-state index in [1.165, 1.54) is 29.5 Å². The molecule has 0 saturated carbocycles. The zero-order chi connectivity index (χ0) is 22.0. The molecule has 31 heavy (non-hydrogen) atoms. The number of alkyl halides is 3. The average Bonchev–Trinajstić information content (AvgIpc) is 3.34. The Morgan fingerprint density at radius 3 is 2.48 bits per heavy atom. The van der Waals surface area contributed by atoms with Crippen molar-refractivity contribution in [3.05, 3.63) is 59.9 Å². The zero-order valence-corrected chi connectivity index (χ0v) is 16.7. The van der Waals surface area contributed by atoms with Crippen LogP contribution in [-0.4, -0.2) is 40.0 Å². The minimum atomic E-state index is -4.38. The number of anilines is 2.